The van der Waals surface area contributed by atoms with Crippen molar-refractivity contribution in [1.82, 2.24) is 10.2 Å². The van der Waals surface area contributed by atoms with Crippen molar-refractivity contribution >= 4 is 34.0 Å². The van der Waals surface area contributed by atoms with Crippen LogP contribution in [-0.4, -0.2) is 28.6 Å². The molecule has 0 bridgehead atoms. The fourth-order valence-corrected chi connectivity index (χ4v) is 3.56. The summed E-state index contributed by atoms with van der Waals surface area (Å²) in [4.78, 5) is 26.5. The van der Waals surface area contributed by atoms with Gasteiger partial charge in [-0.15, -0.1) is 10.2 Å². The van der Waals surface area contributed by atoms with Crippen LogP contribution in [0.5, 0.6) is 0 Å². The molecule has 1 aliphatic heterocycles. The summed E-state index contributed by atoms with van der Waals surface area (Å²) in [7, 11) is 0. The minimum atomic E-state index is -0.368. The molecule has 0 aliphatic carbocycles. The first-order valence-electron chi connectivity index (χ1n) is 7.98. The van der Waals surface area contributed by atoms with Crippen LogP contribution in [0.25, 0.3) is 0 Å². The van der Waals surface area contributed by atoms with Crippen LogP contribution < -0.4 is 10.2 Å². The molecule has 1 aromatic heterocycles. The molecule has 2 aromatic rings. The fourth-order valence-electron chi connectivity index (χ4n) is 2.88. The third-order valence-electron chi connectivity index (χ3n) is 4.14. The Labute approximate surface area is 144 Å². The first-order valence-corrected chi connectivity index (χ1v) is 8.80. The molecule has 1 N–H and O–H groups in total. The molecule has 2 amide bonds. The lowest BCUT2D eigenvalue weighted by Crippen LogP contribution is -2.28. The summed E-state index contributed by atoms with van der Waals surface area (Å²) in [6, 6.07) is 5.97. The summed E-state index contributed by atoms with van der Waals surface area (Å²) < 4.78 is 0. The highest BCUT2D eigenvalue weighted by Crippen LogP contribution is 2.29. The summed E-state index contributed by atoms with van der Waals surface area (Å²) in [6.07, 6.45) is 1.01. The minimum Gasteiger partial charge on any atom is -0.311 e. The van der Waals surface area contributed by atoms with Crippen molar-refractivity contribution in [1.29, 1.82) is 0 Å². The number of anilines is 2. The fraction of sp³-hybridized carbons (Fsp3) is 0.412. The molecule has 6 nitrogen and oxygen atoms in total. The third-order valence-corrected chi connectivity index (χ3v) is 5.12. The van der Waals surface area contributed by atoms with Gasteiger partial charge in [-0.3, -0.25) is 9.59 Å². The molecule has 1 aliphatic rings. The molecule has 1 aromatic carbocycles. The summed E-state index contributed by atoms with van der Waals surface area (Å²) in [5.41, 5.74) is 3.08. The topological polar surface area (TPSA) is 75.2 Å². The van der Waals surface area contributed by atoms with Crippen molar-refractivity contribution < 1.29 is 9.59 Å². The van der Waals surface area contributed by atoms with Crippen LogP contribution in [0.1, 0.15) is 29.5 Å². The lowest BCUT2D eigenvalue weighted by atomic mass is 10.1. The number of hydrogen-bond donors (Lipinski definition) is 1. The van der Waals surface area contributed by atoms with Crippen molar-refractivity contribution in [3.63, 3.8) is 0 Å². The largest absolute Gasteiger partial charge is 0.311 e. The standard InChI is InChI=1S/C17H20N4O2S/c1-4-14-19-20-17(24-14)18-16(23)12-8-15(22)21(9-12)13-6-5-10(2)7-11(13)3/h5-7,12H,4,8-9H2,1-3H3,(H,18,20,23). The number of nitrogens with one attached hydrogen (secondary N) is 1. The summed E-state index contributed by atoms with van der Waals surface area (Å²) in [5.74, 6) is -0.560. The molecular weight excluding hydrogens is 324 g/mol. The second-order valence-corrected chi connectivity index (χ2v) is 7.10. The third kappa shape index (κ3) is 3.31. The molecule has 1 unspecified atom stereocenters. The molecule has 1 atom stereocenters. The number of aromatic nitrogens is 2. The Hall–Kier alpha value is -2.28. The SMILES string of the molecule is CCc1nnc(NC(=O)C2CC(=O)N(c3ccc(C)cc3C)C2)s1. The van der Waals surface area contributed by atoms with Gasteiger partial charge in [-0.25, -0.2) is 0 Å². The number of amides is 2. The van der Waals surface area contributed by atoms with Crippen LogP contribution in [0.2, 0.25) is 0 Å². The minimum absolute atomic E-state index is 0.0198. The van der Waals surface area contributed by atoms with E-state index < -0.39 is 0 Å². The Balaban J connectivity index is 1.70. The van der Waals surface area contributed by atoms with E-state index in [9.17, 15) is 9.59 Å². The number of carbonyl (C=O) groups excluding carboxylic acids is 2. The van der Waals surface area contributed by atoms with E-state index in [0.717, 1.165) is 28.2 Å². The van der Waals surface area contributed by atoms with Crippen LogP contribution in [0.3, 0.4) is 0 Å². The van der Waals surface area contributed by atoms with E-state index in [4.69, 9.17) is 0 Å². The van der Waals surface area contributed by atoms with Crippen LogP contribution in [0, 0.1) is 19.8 Å². The lowest BCUT2D eigenvalue weighted by Gasteiger charge is -2.19. The quantitative estimate of drug-likeness (QED) is 0.925. The van der Waals surface area contributed by atoms with Gasteiger partial charge in [-0.1, -0.05) is 36.0 Å². The first-order chi connectivity index (χ1) is 11.5. The van der Waals surface area contributed by atoms with Gasteiger partial charge in [-0.05, 0) is 31.9 Å². The first kappa shape index (κ1) is 16.6. The normalized spacial score (nSPS) is 17.4. The van der Waals surface area contributed by atoms with Crippen LogP contribution in [0.4, 0.5) is 10.8 Å². The molecule has 0 spiro atoms. The number of hydrogen-bond acceptors (Lipinski definition) is 5. The average Bonchev–Trinajstić information content (AvgIpc) is 3.14. The van der Waals surface area contributed by atoms with Gasteiger partial charge in [0, 0.05) is 18.7 Å². The highest BCUT2D eigenvalue weighted by Gasteiger charge is 2.36. The monoisotopic (exact) mass is 344 g/mol. The number of benzene rings is 1. The van der Waals surface area contributed by atoms with Crippen molar-refractivity contribution in [3.05, 3.63) is 34.3 Å². The molecule has 24 heavy (non-hydrogen) atoms. The van der Waals surface area contributed by atoms with Gasteiger partial charge in [0.15, 0.2) is 0 Å². The second-order valence-electron chi connectivity index (χ2n) is 6.04. The van der Waals surface area contributed by atoms with Crippen LogP contribution in [-0.2, 0) is 16.0 Å². The molecule has 1 saturated heterocycles. The molecule has 2 heterocycles. The van der Waals surface area contributed by atoms with E-state index in [1.165, 1.54) is 11.3 Å². The zero-order chi connectivity index (χ0) is 17.3. The van der Waals surface area contributed by atoms with E-state index in [0.29, 0.717) is 11.7 Å². The highest BCUT2D eigenvalue weighted by molar-refractivity contribution is 7.15. The van der Waals surface area contributed by atoms with Crippen molar-refractivity contribution in [2.75, 3.05) is 16.8 Å². The molecule has 7 heteroatoms. The van der Waals surface area contributed by atoms with Gasteiger partial charge in [0.25, 0.3) is 0 Å². The van der Waals surface area contributed by atoms with Gasteiger partial charge in [-0.2, -0.15) is 0 Å². The van der Waals surface area contributed by atoms with Crippen LogP contribution in [0.15, 0.2) is 18.2 Å². The molecule has 1 fully saturated rings. The number of aryl methyl sites for hydroxylation is 3. The number of rotatable bonds is 4. The maximum atomic E-state index is 12.4. The Kier molecular flexibility index (Phi) is 4.62. The van der Waals surface area contributed by atoms with Crippen molar-refractivity contribution in [3.8, 4) is 0 Å². The highest BCUT2D eigenvalue weighted by atomic mass is 32.1. The van der Waals surface area contributed by atoms with Gasteiger partial charge < -0.3 is 10.2 Å². The number of nitrogens with zero attached hydrogens (tertiary/aromatic N) is 3. The predicted molar refractivity (Wildman–Crippen MR) is 94.3 cm³/mol. The average molecular weight is 344 g/mol. The van der Waals surface area contributed by atoms with Gasteiger partial charge in [0.2, 0.25) is 16.9 Å². The smallest absolute Gasteiger partial charge is 0.231 e. The summed E-state index contributed by atoms with van der Waals surface area (Å²) in [5, 5.41) is 12.1. The predicted octanol–water partition coefficient (Wildman–Crippen LogP) is 2.71. The van der Waals surface area contributed by atoms with E-state index in [1.807, 2.05) is 39.0 Å². The lowest BCUT2D eigenvalue weighted by molar-refractivity contribution is -0.122. The molecule has 0 saturated carbocycles. The van der Waals surface area contributed by atoms with E-state index in [1.54, 1.807) is 4.90 Å². The zero-order valence-electron chi connectivity index (χ0n) is 14.0. The Morgan fingerprint density at radius 3 is 2.83 bits per heavy atom. The van der Waals surface area contributed by atoms with E-state index in [-0.39, 0.29) is 24.2 Å². The summed E-state index contributed by atoms with van der Waals surface area (Å²) >= 11 is 1.37. The van der Waals surface area contributed by atoms with E-state index >= 15 is 0 Å². The molecular formula is C17H20N4O2S. The van der Waals surface area contributed by atoms with Gasteiger partial charge in [0.05, 0.1) is 5.92 Å². The Morgan fingerprint density at radius 1 is 1.38 bits per heavy atom. The Morgan fingerprint density at radius 2 is 2.17 bits per heavy atom. The number of carbonyl (C=O) groups is 2. The van der Waals surface area contributed by atoms with Gasteiger partial charge in [0.1, 0.15) is 5.01 Å². The van der Waals surface area contributed by atoms with Gasteiger partial charge >= 0.3 is 0 Å². The Bertz CT molecular complexity index is 787. The maximum Gasteiger partial charge on any atom is 0.231 e. The summed E-state index contributed by atoms with van der Waals surface area (Å²) in [6.45, 7) is 6.39. The maximum absolute atomic E-state index is 12.4. The second kappa shape index (κ2) is 6.68. The zero-order valence-corrected chi connectivity index (χ0v) is 14.8. The molecule has 126 valence electrons. The van der Waals surface area contributed by atoms with Crippen molar-refractivity contribution in [2.24, 2.45) is 5.92 Å². The van der Waals surface area contributed by atoms with E-state index in [2.05, 4.69) is 15.5 Å². The van der Waals surface area contributed by atoms with Crippen LogP contribution >= 0.6 is 11.3 Å². The molecule has 0 radical (unpaired) electrons. The van der Waals surface area contributed by atoms with Crippen molar-refractivity contribution in [2.45, 2.75) is 33.6 Å². The molecule has 3 rings (SSSR count).